The molecule has 4 heterocycles. The highest BCUT2D eigenvalue weighted by molar-refractivity contribution is 6.09. The number of benzene rings is 4. The normalized spacial score (nSPS) is 11.3. The molecule has 0 radical (unpaired) electrons. The summed E-state index contributed by atoms with van der Waals surface area (Å²) in [5, 5.41) is 11.7. The first-order chi connectivity index (χ1) is 20.8. The molecule has 198 valence electrons. The zero-order chi connectivity index (χ0) is 27.9. The zero-order valence-electron chi connectivity index (χ0n) is 22.5. The Morgan fingerprint density at radius 1 is 0.381 bits per heavy atom. The average Bonchev–Trinajstić information content (AvgIpc) is 3.66. The molecule has 0 aliphatic carbocycles. The second-order valence-electron chi connectivity index (χ2n) is 10.0. The van der Waals surface area contributed by atoms with Gasteiger partial charge in [0.2, 0.25) is 0 Å². The average molecular weight is 541 g/mol. The van der Waals surface area contributed by atoms with Crippen molar-refractivity contribution < 1.29 is 0 Å². The largest absolute Gasteiger partial charge is 0.294 e. The molecule has 8 rings (SSSR count). The van der Waals surface area contributed by atoms with E-state index in [1.165, 1.54) is 10.8 Å². The third-order valence-electron chi connectivity index (χ3n) is 7.50. The number of pyridine rings is 2. The Kier molecular flexibility index (Phi) is 5.67. The van der Waals surface area contributed by atoms with E-state index in [2.05, 4.69) is 75.4 Å². The lowest BCUT2D eigenvalue weighted by Crippen LogP contribution is -2.04. The highest BCUT2D eigenvalue weighted by atomic mass is 15.3. The second kappa shape index (κ2) is 9.94. The molecule has 0 N–H and O–H groups in total. The molecule has 6 nitrogen and oxygen atoms in total. The predicted molar refractivity (Wildman–Crippen MR) is 168 cm³/mol. The first-order valence-electron chi connectivity index (χ1n) is 13.8. The molecule has 8 aromatic rings. The van der Waals surface area contributed by atoms with Gasteiger partial charge in [-0.1, -0.05) is 97.1 Å². The molecule has 42 heavy (non-hydrogen) atoms. The maximum absolute atomic E-state index is 5.16. The Hall–Kier alpha value is -5.88. The van der Waals surface area contributed by atoms with Crippen molar-refractivity contribution in [1.29, 1.82) is 0 Å². The van der Waals surface area contributed by atoms with E-state index >= 15 is 0 Å². The van der Waals surface area contributed by atoms with Gasteiger partial charge in [0.25, 0.3) is 0 Å². The van der Waals surface area contributed by atoms with Crippen molar-refractivity contribution in [2.24, 2.45) is 0 Å². The Morgan fingerprint density at radius 2 is 0.905 bits per heavy atom. The minimum Gasteiger partial charge on any atom is -0.294 e. The molecule has 0 aliphatic rings. The third-order valence-corrected chi connectivity index (χ3v) is 7.50. The number of hydrogen-bond donors (Lipinski definition) is 0. The van der Waals surface area contributed by atoms with Gasteiger partial charge in [-0.3, -0.25) is 9.13 Å². The van der Waals surface area contributed by atoms with Crippen LogP contribution in [0, 0.1) is 0 Å². The molecular formula is C36H24N6. The molecular weight excluding hydrogens is 516 g/mol. The van der Waals surface area contributed by atoms with Crippen LogP contribution in [0.1, 0.15) is 0 Å². The van der Waals surface area contributed by atoms with Gasteiger partial charge in [-0.25, -0.2) is 9.97 Å². The summed E-state index contributed by atoms with van der Waals surface area (Å²) in [6.07, 6.45) is 0. The third kappa shape index (κ3) is 3.97. The number of rotatable bonds is 5. The highest BCUT2D eigenvalue weighted by Crippen LogP contribution is 2.33. The molecule has 4 aromatic heterocycles. The van der Waals surface area contributed by atoms with Crippen LogP contribution in [0.3, 0.4) is 0 Å². The van der Waals surface area contributed by atoms with Gasteiger partial charge in [0.05, 0.1) is 16.7 Å². The molecule has 0 spiro atoms. The van der Waals surface area contributed by atoms with Gasteiger partial charge in [-0.2, -0.15) is 0 Å². The number of nitrogens with zero attached hydrogens (tertiary/aromatic N) is 6. The molecule has 0 amide bonds. The van der Waals surface area contributed by atoms with Gasteiger partial charge in [-0.15, -0.1) is 10.2 Å². The lowest BCUT2D eigenvalue weighted by Gasteiger charge is -2.12. The fourth-order valence-electron chi connectivity index (χ4n) is 5.61. The zero-order valence-corrected chi connectivity index (χ0v) is 22.5. The molecule has 4 aromatic carbocycles. The molecule has 0 bridgehead atoms. The second-order valence-corrected chi connectivity index (χ2v) is 10.0. The first-order valence-corrected chi connectivity index (χ1v) is 13.8. The van der Waals surface area contributed by atoms with Crippen LogP contribution in [0.4, 0.5) is 0 Å². The molecule has 0 atom stereocenters. The van der Waals surface area contributed by atoms with E-state index < -0.39 is 0 Å². The molecule has 0 saturated heterocycles. The molecule has 0 fully saturated rings. The number of para-hydroxylation sites is 3. The van der Waals surface area contributed by atoms with Crippen molar-refractivity contribution in [3.63, 3.8) is 0 Å². The van der Waals surface area contributed by atoms with Gasteiger partial charge in [-0.05, 0) is 48.5 Å². The van der Waals surface area contributed by atoms with Crippen molar-refractivity contribution >= 4 is 21.8 Å². The summed E-state index contributed by atoms with van der Waals surface area (Å²) in [4.78, 5) is 10.1. The predicted octanol–water partition coefficient (Wildman–Crippen LogP) is 8.16. The maximum atomic E-state index is 5.16. The van der Waals surface area contributed by atoms with E-state index in [9.17, 15) is 0 Å². The number of fused-ring (bicyclic) bond motifs is 3. The van der Waals surface area contributed by atoms with E-state index in [0.717, 1.165) is 45.2 Å². The number of aromatic nitrogens is 6. The lowest BCUT2D eigenvalue weighted by atomic mass is 10.1. The van der Waals surface area contributed by atoms with E-state index in [1.54, 1.807) is 0 Å². The summed E-state index contributed by atoms with van der Waals surface area (Å²) in [6, 6.07) is 49.2. The number of hydrogen-bond acceptors (Lipinski definition) is 4. The monoisotopic (exact) mass is 540 g/mol. The van der Waals surface area contributed by atoms with Gasteiger partial charge < -0.3 is 0 Å². The summed E-state index contributed by atoms with van der Waals surface area (Å²) in [6.45, 7) is 0. The van der Waals surface area contributed by atoms with Crippen LogP contribution in [0.15, 0.2) is 146 Å². The summed E-state index contributed by atoms with van der Waals surface area (Å²) in [7, 11) is 0. The van der Waals surface area contributed by atoms with Gasteiger partial charge >= 0.3 is 0 Å². The fraction of sp³-hybridized carbons (Fsp3) is 0. The Morgan fingerprint density at radius 3 is 1.57 bits per heavy atom. The quantitative estimate of drug-likeness (QED) is 0.221. The Bertz CT molecular complexity index is 2140. The van der Waals surface area contributed by atoms with Crippen molar-refractivity contribution in [3.05, 3.63) is 146 Å². The summed E-state index contributed by atoms with van der Waals surface area (Å²) in [5.74, 6) is 2.11. The van der Waals surface area contributed by atoms with Crippen LogP contribution in [-0.4, -0.2) is 29.3 Å². The van der Waals surface area contributed by atoms with E-state index in [1.807, 2.05) is 89.5 Å². The van der Waals surface area contributed by atoms with Crippen molar-refractivity contribution in [3.8, 4) is 45.8 Å². The topological polar surface area (TPSA) is 61.4 Å². The van der Waals surface area contributed by atoms with Crippen LogP contribution >= 0.6 is 0 Å². The van der Waals surface area contributed by atoms with Crippen LogP contribution in [0.5, 0.6) is 0 Å². The molecule has 0 unspecified atom stereocenters. The van der Waals surface area contributed by atoms with E-state index in [-0.39, 0.29) is 0 Å². The minimum absolute atomic E-state index is 0.644. The van der Waals surface area contributed by atoms with Gasteiger partial charge in [0.1, 0.15) is 17.2 Å². The molecule has 0 saturated carbocycles. The SMILES string of the molecule is c1ccc(-c2cccc(-c3nnc(-c4cccc(-n5c6ccccc6c6ccccc65)n4)n3-c3ccccc3)n2)cc1. The summed E-state index contributed by atoms with van der Waals surface area (Å²) >= 11 is 0. The first kappa shape index (κ1) is 24.0. The Labute approximate surface area is 242 Å². The lowest BCUT2D eigenvalue weighted by molar-refractivity contribution is 1.03. The summed E-state index contributed by atoms with van der Waals surface area (Å²) in [5.41, 5.74) is 6.53. The smallest absolute Gasteiger partial charge is 0.187 e. The highest BCUT2D eigenvalue weighted by Gasteiger charge is 2.20. The van der Waals surface area contributed by atoms with Crippen molar-refractivity contribution in [2.75, 3.05) is 0 Å². The molecule has 0 aliphatic heterocycles. The van der Waals surface area contributed by atoms with Crippen LogP contribution < -0.4 is 0 Å². The summed E-state index contributed by atoms with van der Waals surface area (Å²) < 4.78 is 4.25. The van der Waals surface area contributed by atoms with Crippen LogP contribution in [-0.2, 0) is 0 Å². The van der Waals surface area contributed by atoms with Crippen molar-refractivity contribution in [1.82, 2.24) is 29.3 Å². The maximum Gasteiger partial charge on any atom is 0.187 e. The van der Waals surface area contributed by atoms with Crippen LogP contribution in [0.25, 0.3) is 67.6 Å². The standard InChI is InChI=1S/C36H24N6/c1-3-13-25(14-4-1)29-19-11-20-30(37-29)35-39-40-36(41(35)26-15-5-2-6-16-26)31-21-12-24-34(38-31)42-32-22-9-7-17-27(32)28-18-8-10-23-33(28)42/h1-24H. The molecule has 6 heteroatoms. The van der Waals surface area contributed by atoms with E-state index in [0.29, 0.717) is 11.6 Å². The van der Waals surface area contributed by atoms with Crippen molar-refractivity contribution in [2.45, 2.75) is 0 Å². The van der Waals surface area contributed by atoms with E-state index in [4.69, 9.17) is 9.97 Å². The van der Waals surface area contributed by atoms with Crippen LogP contribution in [0.2, 0.25) is 0 Å². The van der Waals surface area contributed by atoms with Gasteiger partial charge in [0.15, 0.2) is 11.6 Å². The minimum atomic E-state index is 0.644. The fourth-order valence-corrected chi connectivity index (χ4v) is 5.61. The van der Waals surface area contributed by atoms with Gasteiger partial charge in [0, 0.05) is 22.0 Å². The Balaban J connectivity index is 1.32.